The SMILES string of the molecule is Cc1cc(O)c2ccc(N=Nc3ccc(O)cc3)cc2c1. The predicted molar refractivity (Wildman–Crippen MR) is 82.6 cm³/mol. The number of benzene rings is 3. The molecule has 0 saturated heterocycles. The van der Waals surface area contributed by atoms with Gasteiger partial charge in [0.2, 0.25) is 0 Å². The molecule has 21 heavy (non-hydrogen) atoms. The lowest BCUT2D eigenvalue weighted by Gasteiger charge is -2.03. The van der Waals surface area contributed by atoms with E-state index in [0.717, 1.165) is 16.3 Å². The highest BCUT2D eigenvalue weighted by Gasteiger charge is 2.02. The van der Waals surface area contributed by atoms with E-state index in [2.05, 4.69) is 10.2 Å². The van der Waals surface area contributed by atoms with Gasteiger partial charge in [-0.2, -0.15) is 10.2 Å². The number of phenols is 2. The predicted octanol–water partition coefficient (Wildman–Crippen LogP) is 4.97. The molecule has 0 radical (unpaired) electrons. The van der Waals surface area contributed by atoms with Crippen LogP contribution in [0.4, 0.5) is 11.4 Å². The fourth-order valence-electron chi connectivity index (χ4n) is 2.18. The Morgan fingerprint density at radius 1 is 0.762 bits per heavy atom. The van der Waals surface area contributed by atoms with Crippen molar-refractivity contribution in [1.82, 2.24) is 0 Å². The van der Waals surface area contributed by atoms with Crippen LogP contribution in [-0.2, 0) is 0 Å². The molecule has 0 amide bonds. The molecule has 104 valence electrons. The van der Waals surface area contributed by atoms with Crippen molar-refractivity contribution in [2.24, 2.45) is 10.2 Å². The first-order valence-electron chi connectivity index (χ1n) is 6.56. The monoisotopic (exact) mass is 278 g/mol. The van der Waals surface area contributed by atoms with Crippen LogP contribution in [0.25, 0.3) is 10.8 Å². The molecule has 4 nitrogen and oxygen atoms in total. The number of hydrogen-bond donors (Lipinski definition) is 2. The first-order valence-corrected chi connectivity index (χ1v) is 6.56. The van der Waals surface area contributed by atoms with Gasteiger partial charge in [-0.3, -0.25) is 0 Å². The zero-order chi connectivity index (χ0) is 14.8. The lowest BCUT2D eigenvalue weighted by Crippen LogP contribution is -1.77. The summed E-state index contributed by atoms with van der Waals surface area (Å²) in [7, 11) is 0. The van der Waals surface area contributed by atoms with Gasteiger partial charge in [0.25, 0.3) is 0 Å². The third kappa shape index (κ3) is 2.84. The van der Waals surface area contributed by atoms with Crippen molar-refractivity contribution < 1.29 is 10.2 Å². The Morgan fingerprint density at radius 2 is 1.43 bits per heavy atom. The standard InChI is InChI=1S/C17H14N2O2/c1-11-8-12-10-14(4-7-16(12)17(21)9-11)19-18-13-2-5-15(20)6-3-13/h2-10,20-21H,1H3. The van der Waals surface area contributed by atoms with Gasteiger partial charge in [-0.25, -0.2) is 0 Å². The number of aromatic hydroxyl groups is 2. The zero-order valence-electron chi connectivity index (χ0n) is 11.5. The summed E-state index contributed by atoms with van der Waals surface area (Å²) in [6, 6.07) is 15.8. The summed E-state index contributed by atoms with van der Waals surface area (Å²) < 4.78 is 0. The third-order valence-electron chi connectivity index (χ3n) is 3.19. The van der Waals surface area contributed by atoms with E-state index in [-0.39, 0.29) is 11.5 Å². The molecule has 0 aliphatic heterocycles. The summed E-state index contributed by atoms with van der Waals surface area (Å²) in [5.41, 5.74) is 2.37. The number of fused-ring (bicyclic) bond motifs is 1. The van der Waals surface area contributed by atoms with Crippen LogP contribution in [0.2, 0.25) is 0 Å². The van der Waals surface area contributed by atoms with Crippen molar-refractivity contribution in [3.63, 3.8) is 0 Å². The Balaban J connectivity index is 1.96. The number of rotatable bonds is 2. The maximum absolute atomic E-state index is 9.90. The average molecular weight is 278 g/mol. The summed E-state index contributed by atoms with van der Waals surface area (Å²) in [6.45, 7) is 1.93. The van der Waals surface area contributed by atoms with E-state index >= 15 is 0 Å². The Hall–Kier alpha value is -2.88. The molecule has 0 aliphatic carbocycles. The van der Waals surface area contributed by atoms with Gasteiger partial charge in [0.05, 0.1) is 11.4 Å². The van der Waals surface area contributed by atoms with Gasteiger partial charge in [0.15, 0.2) is 0 Å². The van der Waals surface area contributed by atoms with E-state index < -0.39 is 0 Å². The quantitative estimate of drug-likeness (QED) is 0.649. The zero-order valence-corrected chi connectivity index (χ0v) is 11.5. The largest absolute Gasteiger partial charge is 0.508 e. The average Bonchev–Trinajstić information content (AvgIpc) is 2.46. The van der Waals surface area contributed by atoms with E-state index in [1.807, 2.05) is 25.1 Å². The highest BCUT2D eigenvalue weighted by atomic mass is 16.3. The van der Waals surface area contributed by atoms with Gasteiger partial charge >= 0.3 is 0 Å². The Kier molecular flexibility index (Phi) is 3.28. The number of aryl methyl sites for hydroxylation is 1. The fourth-order valence-corrected chi connectivity index (χ4v) is 2.18. The molecular formula is C17H14N2O2. The Morgan fingerprint density at radius 3 is 2.19 bits per heavy atom. The van der Waals surface area contributed by atoms with E-state index in [4.69, 9.17) is 0 Å². The first kappa shape index (κ1) is 13.1. The molecular weight excluding hydrogens is 264 g/mol. The number of hydrogen-bond acceptors (Lipinski definition) is 4. The van der Waals surface area contributed by atoms with Crippen LogP contribution >= 0.6 is 0 Å². The second-order valence-electron chi connectivity index (χ2n) is 4.91. The maximum atomic E-state index is 9.90. The number of phenolic OH excluding ortho intramolecular Hbond substituents is 2. The van der Waals surface area contributed by atoms with E-state index in [1.54, 1.807) is 36.4 Å². The molecule has 3 aromatic carbocycles. The second kappa shape index (κ2) is 5.25. The van der Waals surface area contributed by atoms with E-state index in [0.29, 0.717) is 11.4 Å². The van der Waals surface area contributed by atoms with E-state index in [9.17, 15) is 10.2 Å². The van der Waals surface area contributed by atoms with Crippen LogP contribution < -0.4 is 0 Å². The molecule has 2 N–H and O–H groups in total. The Bertz CT molecular complexity index is 824. The van der Waals surface area contributed by atoms with Gasteiger partial charge in [-0.1, -0.05) is 6.07 Å². The second-order valence-corrected chi connectivity index (χ2v) is 4.91. The highest BCUT2D eigenvalue weighted by molar-refractivity contribution is 5.90. The third-order valence-corrected chi connectivity index (χ3v) is 3.19. The van der Waals surface area contributed by atoms with Crippen molar-refractivity contribution in [2.45, 2.75) is 6.92 Å². The van der Waals surface area contributed by atoms with Crippen LogP contribution in [0.1, 0.15) is 5.56 Å². The summed E-state index contributed by atoms with van der Waals surface area (Å²) in [6.07, 6.45) is 0. The minimum absolute atomic E-state index is 0.200. The van der Waals surface area contributed by atoms with Crippen molar-refractivity contribution >= 4 is 22.1 Å². The van der Waals surface area contributed by atoms with Gasteiger partial charge in [0.1, 0.15) is 11.5 Å². The molecule has 0 spiro atoms. The van der Waals surface area contributed by atoms with Crippen LogP contribution in [0.3, 0.4) is 0 Å². The summed E-state index contributed by atoms with van der Waals surface area (Å²) in [5, 5.41) is 29.1. The molecule has 0 heterocycles. The molecule has 0 atom stereocenters. The molecule has 0 unspecified atom stereocenters. The normalized spacial score (nSPS) is 11.3. The summed E-state index contributed by atoms with van der Waals surface area (Å²) in [4.78, 5) is 0. The minimum atomic E-state index is 0.200. The lowest BCUT2D eigenvalue weighted by atomic mass is 10.1. The van der Waals surface area contributed by atoms with Crippen molar-refractivity contribution in [3.05, 3.63) is 60.2 Å². The molecule has 4 heteroatoms. The molecule has 3 aromatic rings. The smallest absolute Gasteiger partial charge is 0.123 e. The van der Waals surface area contributed by atoms with Crippen LogP contribution in [0.15, 0.2) is 64.8 Å². The maximum Gasteiger partial charge on any atom is 0.123 e. The van der Waals surface area contributed by atoms with Crippen LogP contribution in [-0.4, -0.2) is 10.2 Å². The topological polar surface area (TPSA) is 65.2 Å². The van der Waals surface area contributed by atoms with Gasteiger partial charge < -0.3 is 10.2 Å². The van der Waals surface area contributed by atoms with Crippen LogP contribution in [0.5, 0.6) is 11.5 Å². The molecule has 0 bridgehead atoms. The molecule has 0 aromatic heterocycles. The highest BCUT2D eigenvalue weighted by Crippen LogP contribution is 2.30. The molecule has 0 saturated carbocycles. The summed E-state index contributed by atoms with van der Waals surface area (Å²) >= 11 is 0. The van der Waals surface area contributed by atoms with E-state index in [1.165, 1.54) is 0 Å². The lowest BCUT2D eigenvalue weighted by molar-refractivity contribution is 0.475. The van der Waals surface area contributed by atoms with Crippen molar-refractivity contribution in [3.8, 4) is 11.5 Å². The van der Waals surface area contributed by atoms with Gasteiger partial charge in [-0.15, -0.1) is 0 Å². The van der Waals surface area contributed by atoms with Crippen molar-refractivity contribution in [1.29, 1.82) is 0 Å². The minimum Gasteiger partial charge on any atom is -0.508 e. The first-order chi connectivity index (χ1) is 10.1. The molecule has 0 fully saturated rings. The number of azo groups is 1. The number of nitrogens with zero attached hydrogens (tertiary/aromatic N) is 2. The fraction of sp³-hybridized carbons (Fsp3) is 0.0588. The van der Waals surface area contributed by atoms with Gasteiger partial charge in [-0.05, 0) is 66.4 Å². The molecule has 3 rings (SSSR count). The van der Waals surface area contributed by atoms with Crippen molar-refractivity contribution in [2.75, 3.05) is 0 Å². The molecule has 0 aliphatic rings. The van der Waals surface area contributed by atoms with Gasteiger partial charge in [0, 0.05) is 5.39 Å². The Labute approximate surface area is 122 Å². The summed E-state index contributed by atoms with van der Waals surface area (Å²) in [5.74, 6) is 0.470. The van der Waals surface area contributed by atoms with Crippen LogP contribution in [0, 0.1) is 6.92 Å².